The fourth-order valence-corrected chi connectivity index (χ4v) is 3.01. The van der Waals surface area contributed by atoms with Crippen LogP contribution >= 0.6 is 0 Å². The summed E-state index contributed by atoms with van der Waals surface area (Å²) in [4.78, 5) is 26.3. The van der Waals surface area contributed by atoms with E-state index in [-0.39, 0.29) is 29.4 Å². The minimum Gasteiger partial charge on any atom is -0.505 e. The van der Waals surface area contributed by atoms with Crippen LogP contribution in [-0.2, 0) is 15.0 Å². The van der Waals surface area contributed by atoms with Crippen molar-refractivity contribution in [2.24, 2.45) is 5.92 Å². The molecule has 1 aromatic heterocycles. The molecule has 1 aliphatic heterocycles. The SMILES string of the molecule is CC(C)(C)c1cccc(NC(=O)C2CC(=O)N(c3cn[nH]c3)C2)c1O. The Balaban J connectivity index is 1.75. The molecule has 2 heterocycles. The van der Waals surface area contributed by atoms with Crippen LogP contribution in [0.5, 0.6) is 5.75 Å². The highest BCUT2D eigenvalue weighted by molar-refractivity contribution is 6.03. The number of aromatic amines is 1. The minimum atomic E-state index is -0.472. The van der Waals surface area contributed by atoms with Gasteiger partial charge in [0.1, 0.15) is 5.75 Å². The molecule has 7 nitrogen and oxygen atoms in total. The maximum absolute atomic E-state index is 12.6. The van der Waals surface area contributed by atoms with E-state index in [2.05, 4.69) is 15.5 Å². The zero-order valence-electron chi connectivity index (χ0n) is 14.5. The van der Waals surface area contributed by atoms with Crippen LogP contribution in [0, 0.1) is 5.92 Å². The standard InChI is InChI=1S/C18H22N4O3/c1-18(2,3)13-5-4-6-14(16(13)24)21-17(25)11-7-15(23)22(10-11)12-8-19-20-9-12/h4-6,8-9,11,24H,7,10H2,1-3H3,(H,19,20)(H,21,25). The highest BCUT2D eigenvalue weighted by Gasteiger charge is 2.36. The van der Waals surface area contributed by atoms with Crippen molar-refractivity contribution in [2.75, 3.05) is 16.8 Å². The smallest absolute Gasteiger partial charge is 0.229 e. The number of para-hydroxylation sites is 1. The first-order chi connectivity index (χ1) is 11.8. The van der Waals surface area contributed by atoms with Gasteiger partial charge in [-0.05, 0) is 11.5 Å². The van der Waals surface area contributed by atoms with Crippen molar-refractivity contribution in [3.8, 4) is 5.75 Å². The van der Waals surface area contributed by atoms with E-state index in [1.54, 1.807) is 29.4 Å². The second kappa shape index (κ2) is 6.23. The van der Waals surface area contributed by atoms with Crippen LogP contribution in [0.25, 0.3) is 0 Å². The van der Waals surface area contributed by atoms with Crippen molar-refractivity contribution in [1.29, 1.82) is 0 Å². The Bertz CT molecular complexity index is 793. The number of H-pyrrole nitrogens is 1. The summed E-state index contributed by atoms with van der Waals surface area (Å²) >= 11 is 0. The van der Waals surface area contributed by atoms with Gasteiger partial charge in [-0.2, -0.15) is 5.10 Å². The first-order valence-corrected chi connectivity index (χ1v) is 8.20. The second-order valence-corrected chi connectivity index (χ2v) is 7.30. The summed E-state index contributed by atoms with van der Waals surface area (Å²) in [5, 5.41) is 19.7. The molecule has 2 aromatic rings. The van der Waals surface area contributed by atoms with Gasteiger partial charge in [-0.1, -0.05) is 32.9 Å². The number of anilines is 2. The highest BCUT2D eigenvalue weighted by Crippen LogP contribution is 2.36. The average molecular weight is 342 g/mol. The van der Waals surface area contributed by atoms with Crippen LogP contribution < -0.4 is 10.2 Å². The van der Waals surface area contributed by atoms with Gasteiger partial charge in [0.2, 0.25) is 11.8 Å². The van der Waals surface area contributed by atoms with Crippen LogP contribution in [-0.4, -0.2) is 33.7 Å². The summed E-state index contributed by atoms with van der Waals surface area (Å²) < 4.78 is 0. The van der Waals surface area contributed by atoms with Crippen LogP contribution in [0.3, 0.4) is 0 Å². The molecular weight excluding hydrogens is 320 g/mol. The van der Waals surface area contributed by atoms with Gasteiger partial charge in [-0.15, -0.1) is 0 Å². The average Bonchev–Trinajstić information content (AvgIpc) is 3.17. The number of nitrogens with zero attached hydrogens (tertiary/aromatic N) is 2. The fraction of sp³-hybridized carbons (Fsp3) is 0.389. The molecule has 25 heavy (non-hydrogen) atoms. The number of carbonyl (C=O) groups excluding carboxylic acids is 2. The molecule has 132 valence electrons. The van der Waals surface area contributed by atoms with Crippen molar-refractivity contribution in [1.82, 2.24) is 10.2 Å². The van der Waals surface area contributed by atoms with Crippen LogP contribution in [0.1, 0.15) is 32.8 Å². The topological polar surface area (TPSA) is 98.3 Å². The van der Waals surface area contributed by atoms with Crippen LogP contribution in [0.15, 0.2) is 30.6 Å². The third-order valence-corrected chi connectivity index (χ3v) is 4.39. The normalized spacial score (nSPS) is 17.8. The summed E-state index contributed by atoms with van der Waals surface area (Å²) in [7, 11) is 0. The predicted octanol–water partition coefficient (Wildman–Crippen LogP) is 2.40. The minimum absolute atomic E-state index is 0.0689. The number of phenols is 1. The van der Waals surface area contributed by atoms with Gasteiger partial charge in [0, 0.05) is 24.7 Å². The number of hydrogen-bond donors (Lipinski definition) is 3. The molecule has 3 N–H and O–H groups in total. The van der Waals surface area contributed by atoms with Crippen molar-refractivity contribution in [3.63, 3.8) is 0 Å². The highest BCUT2D eigenvalue weighted by atomic mass is 16.3. The van der Waals surface area contributed by atoms with Gasteiger partial charge in [0.15, 0.2) is 0 Å². The van der Waals surface area contributed by atoms with E-state index >= 15 is 0 Å². The molecule has 1 fully saturated rings. The summed E-state index contributed by atoms with van der Waals surface area (Å²) in [6.45, 7) is 6.27. The molecule has 3 rings (SSSR count). The van der Waals surface area contributed by atoms with E-state index in [0.29, 0.717) is 17.9 Å². The Hall–Kier alpha value is -2.83. The number of phenolic OH excluding ortho intramolecular Hbond substituents is 1. The maximum atomic E-state index is 12.6. The lowest BCUT2D eigenvalue weighted by Gasteiger charge is -2.22. The first-order valence-electron chi connectivity index (χ1n) is 8.20. The maximum Gasteiger partial charge on any atom is 0.229 e. The number of amides is 2. The molecule has 1 atom stereocenters. The van der Waals surface area contributed by atoms with Crippen molar-refractivity contribution >= 4 is 23.2 Å². The molecule has 1 aromatic carbocycles. The zero-order valence-corrected chi connectivity index (χ0v) is 14.5. The molecule has 1 unspecified atom stereocenters. The number of rotatable bonds is 3. The summed E-state index contributed by atoms with van der Waals surface area (Å²) in [5.74, 6) is -0.797. The molecule has 0 radical (unpaired) electrons. The van der Waals surface area contributed by atoms with E-state index in [0.717, 1.165) is 5.56 Å². The van der Waals surface area contributed by atoms with Gasteiger partial charge in [0.05, 0.1) is 23.5 Å². The molecule has 7 heteroatoms. The molecule has 0 aliphatic carbocycles. The Kier molecular flexibility index (Phi) is 4.24. The van der Waals surface area contributed by atoms with Gasteiger partial charge in [-0.25, -0.2) is 0 Å². The van der Waals surface area contributed by atoms with Gasteiger partial charge < -0.3 is 15.3 Å². The Morgan fingerprint density at radius 2 is 2.16 bits per heavy atom. The number of benzene rings is 1. The zero-order chi connectivity index (χ0) is 18.2. The Morgan fingerprint density at radius 3 is 2.80 bits per heavy atom. The number of aromatic nitrogens is 2. The third kappa shape index (κ3) is 3.35. The molecule has 0 bridgehead atoms. The molecule has 1 saturated heterocycles. The van der Waals surface area contributed by atoms with Crippen LogP contribution in [0.2, 0.25) is 0 Å². The van der Waals surface area contributed by atoms with Crippen molar-refractivity contribution in [2.45, 2.75) is 32.6 Å². The number of nitrogens with one attached hydrogen (secondary N) is 2. The van der Waals surface area contributed by atoms with Gasteiger partial charge >= 0.3 is 0 Å². The molecular formula is C18H22N4O3. The lowest BCUT2D eigenvalue weighted by Crippen LogP contribution is -2.28. The lowest BCUT2D eigenvalue weighted by molar-refractivity contribution is -0.122. The lowest BCUT2D eigenvalue weighted by atomic mass is 9.86. The number of aromatic hydroxyl groups is 1. The van der Waals surface area contributed by atoms with E-state index in [1.807, 2.05) is 26.8 Å². The van der Waals surface area contributed by atoms with E-state index < -0.39 is 5.92 Å². The van der Waals surface area contributed by atoms with E-state index in [1.165, 1.54) is 0 Å². The summed E-state index contributed by atoms with van der Waals surface area (Å²) in [5.41, 5.74) is 1.53. The van der Waals surface area contributed by atoms with E-state index in [4.69, 9.17) is 0 Å². The summed E-state index contributed by atoms with van der Waals surface area (Å²) in [6, 6.07) is 5.30. The summed E-state index contributed by atoms with van der Waals surface area (Å²) in [6.07, 6.45) is 3.31. The largest absolute Gasteiger partial charge is 0.505 e. The van der Waals surface area contributed by atoms with Crippen molar-refractivity contribution in [3.05, 3.63) is 36.2 Å². The molecule has 2 amide bonds. The molecule has 1 aliphatic rings. The second-order valence-electron chi connectivity index (χ2n) is 7.30. The van der Waals surface area contributed by atoms with Crippen molar-refractivity contribution < 1.29 is 14.7 Å². The van der Waals surface area contributed by atoms with Crippen LogP contribution in [0.4, 0.5) is 11.4 Å². The Morgan fingerprint density at radius 1 is 1.40 bits per heavy atom. The quantitative estimate of drug-likeness (QED) is 0.746. The van der Waals surface area contributed by atoms with Gasteiger partial charge in [-0.3, -0.25) is 14.7 Å². The number of hydrogen-bond acceptors (Lipinski definition) is 4. The first kappa shape index (κ1) is 17.0. The van der Waals surface area contributed by atoms with Gasteiger partial charge in [0.25, 0.3) is 0 Å². The predicted molar refractivity (Wildman–Crippen MR) is 94.5 cm³/mol. The third-order valence-electron chi connectivity index (χ3n) is 4.39. The van der Waals surface area contributed by atoms with E-state index in [9.17, 15) is 14.7 Å². The monoisotopic (exact) mass is 342 g/mol. The fourth-order valence-electron chi connectivity index (χ4n) is 3.01. The Labute approximate surface area is 146 Å². The number of carbonyl (C=O) groups is 2. The molecule has 0 saturated carbocycles. The molecule has 0 spiro atoms.